The maximum Gasteiger partial charge on any atom is 0.167 e. The van der Waals surface area contributed by atoms with Gasteiger partial charge in [0.05, 0.1) is 13.2 Å². The molecule has 1 rings (SSSR count). The summed E-state index contributed by atoms with van der Waals surface area (Å²) in [6.45, 7) is 6.34. The maximum atomic E-state index is 5.19. The van der Waals surface area contributed by atoms with Gasteiger partial charge in [-0.1, -0.05) is 18.2 Å². The van der Waals surface area contributed by atoms with Gasteiger partial charge in [-0.05, 0) is 36.8 Å². The molecule has 0 amide bonds. The molecule has 2 N–H and O–H groups in total. The van der Waals surface area contributed by atoms with E-state index in [-0.39, 0.29) is 6.04 Å². The number of hydrogen-bond acceptors (Lipinski definition) is 2. The molecule has 1 aromatic carbocycles. The van der Waals surface area contributed by atoms with Crippen molar-refractivity contribution < 1.29 is 4.74 Å². The average molecular weight is 250 g/mol. The van der Waals surface area contributed by atoms with Crippen LogP contribution in [0.4, 0.5) is 0 Å². The summed E-state index contributed by atoms with van der Waals surface area (Å²) in [4.78, 5) is 0. The molecule has 92 valence electrons. The lowest BCUT2D eigenvalue weighted by Crippen LogP contribution is -2.36. The second kappa shape index (κ2) is 6.91. The van der Waals surface area contributed by atoms with Crippen molar-refractivity contribution in [3.63, 3.8) is 0 Å². The lowest BCUT2D eigenvalue weighted by Gasteiger charge is -2.17. The molecular formula is C13H18N2OS. The smallest absolute Gasteiger partial charge is 0.167 e. The van der Waals surface area contributed by atoms with Gasteiger partial charge in [0, 0.05) is 6.54 Å². The van der Waals surface area contributed by atoms with E-state index in [1.165, 1.54) is 0 Å². The minimum Gasteiger partial charge on any atom is -0.497 e. The largest absolute Gasteiger partial charge is 0.497 e. The van der Waals surface area contributed by atoms with Gasteiger partial charge in [0.2, 0.25) is 0 Å². The number of nitrogens with one attached hydrogen (secondary N) is 2. The van der Waals surface area contributed by atoms with E-state index in [2.05, 4.69) is 24.1 Å². The van der Waals surface area contributed by atoms with Crippen LogP contribution in [0.15, 0.2) is 36.9 Å². The predicted octanol–water partition coefficient (Wildman–Crippen LogP) is 2.41. The summed E-state index contributed by atoms with van der Waals surface area (Å²) in [5.41, 5.74) is 1.13. The third-order valence-corrected chi connectivity index (χ3v) is 2.61. The van der Waals surface area contributed by atoms with Gasteiger partial charge in [-0.2, -0.15) is 0 Å². The first-order valence-corrected chi connectivity index (χ1v) is 5.87. The third-order valence-electron chi connectivity index (χ3n) is 2.35. The van der Waals surface area contributed by atoms with Crippen LogP contribution >= 0.6 is 12.2 Å². The Morgan fingerprint density at radius 1 is 1.59 bits per heavy atom. The van der Waals surface area contributed by atoms with E-state index in [0.29, 0.717) is 11.7 Å². The van der Waals surface area contributed by atoms with Crippen LogP contribution in [-0.4, -0.2) is 18.8 Å². The lowest BCUT2D eigenvalue weighted by molar-refractivity contribution is 0.413. The van der Waals surface area contributed by atoms with Gasteiger partial charge in [0.1, 0.15) is 5.75 Å². The molecule has 0 saturated carbocycles. The van der Waals surface area contributed by atoms with E-state index in [1.54, 1.807) is 13.2 Å². The van der Waals surface area contributed by atoms with Crippen molar-refractivity contribution in [2.24, 2.45) is 0 Å². The molecule has 3 nitrogen and oxygen atoms in total. The summed E-state index contributed by atoms with van der Waals surface area (Å²) in [5, 5.41) is 6.86. The van der Waals surface area contributed by atoms with Crippen molar-refractivity contribution in [3.8, 4) is 5.75 Å². The molecule has 0 aliphatic heterocycles. The van der Waals surface area contributed by atoms with E-state index in [0.717, 1.165) is 11.3 Å². The van der Waals surface area contributed by atoms with Gasteiger partial charge in [0.15, 0.2) is 5.11 Å². The van der Waals surface area contributed by atoms with E-state index >= 15 is 0 Å². The molecule has 0 radical (unpaired) electrons. The van der Waals surface area contributed by atoms with E-state index < -0.39 is 0 Å². The summed E-state index contributed by atoms with van der Waals surface area (Å²) in [7, 11) is 1.66. The zero-order chi connectivity index (χ0) is 12.7. The third kappa shape index (κ3) is 4.44. The van der Waals surface area contributed by atoms with Crippen LogP contribution in [0, 0.1) is 0 Å². The van der Waals surface area contributed by atoms with Gasteiger partial charge in [0.25, 0.3) is 0 Å². The van der Waals surface area contributed by atoms with Crippen molar-refractivity contribution >= 4 is 17.3 Å². The summed E-state index contributed by atoms with van der Waals surface area (Å²) in [6, 6.07) is 8.05. The number of thiocarbonyl (C=S) groups is 1. The van der Waals surface area contributed by atoms with Gasteiger partial charge in [-0.15, -0.1) is 6.58 Å². The Kier molecular flexibility index (Phi) is 5.49. The van der Waals surface area contributed by atoms with Gasteiger partial charge >= 0.3 is 0 Å². The molecule has 0 fully saturated rings. The van der Waals surface area contributed by atoms with Gasteiger partial charge < -0.3 is 15.4 Å². The van der Waals surface area contributed by atoms with E-state index in [9.17, 15) is 0 Å². The summed E-state index contributed by atoms with van der Waals surface area (Å²) in [5.74, 6) is 0.848. The fourth-order valence-electron chi connectivity index (χ4n) is 1.41. The Labute approximate surface area is 108 Å². The minimum atomic E-state index is 0.134. The molecule has 0 heterocycles. The Bertz CT molecular complexity index is 393. The standard InChI is InChI=1S/C13H18N2OS/c1-4-8-14-13(17)15-10(2)11-6-5-7-12(9-11)16-3/h4-7,9-10H,1,8H2,2-3H3,(H2,14,15,17). The first-order chi connectivity index (χ1) is 8.17. The number of rotatable bonds is 5. The molecule has 0 aliphatic rings. The van der Waals surface area contributed by atoms with Crippen molar-refractivity contribution in [1.82, 2.24) is 10.6 Å². The molecule has 1 unspecified atom stereocenters. The molecule has 0 aromatic heterocycles. The van der Waals surface area contributed by atoms with Crippen molar-refractivity contribution in [1.29, 1.82) is 0 Å². The Balaban J connectivity index is 2.59. The normalized spacial score (nSPS) is 11.4. The van der Waals surface area contributed by atoms with Crippen LogP contribution < -0.4 is 15.4 Å². The van der Waals surface area contributed by atoms with Crippen molar-refractivity contribution in [2.45, 2.75) is 13.0 Å². The van der Waals surface area contributed by atoms with E-state index in [4.69, 9.17) is 17.0 Å². The molecule has 0 aliphatic carbocycles. The van der Waals surface area contributed by atoms with Crippen molar-refractivity contribution in [2.75, 3.05) is 13.7 Å². The zero-order valence-electron chi connectivity index (χ0n) is 10.2. The maximum absolute atomic E-state index is 5.19. The fourth-order valence-corrected chi connectivity index (χ4v) is 1.67. The molecule has 4 heteroatoms. The highest BCUT2D eigenvalue weighted by Gasteiger charge is 2.07. The second-order valence-corrected chi connectivity index (χ2v) is 4.05. The lowest BCUT2D eigenvalue weighted by atomic mass is 10.1. The first-order valence-electron chi connectivity index (χ1n) is 5.46. The molecule has 17 heavy (non-hydrogen) atoms. The quantitative estimate of drug-likeness (QED) is 0.621. The van der Waals surface area contributed by atoms with E-state index in [1.807, 2.05) is 24.3 Å². The molecule has 0 bridgehead atoms. The highest BCUT2D eigenvalue weighted by molar-refractivity contribution is 7.80. The van der Waals surface area contributed by atoms with Crippen molar-refractivity contribution in [3.05, 3.63) is 42.5 Å². The highest BCUT2D eigenvalue weighted by atomic mass is 32.1. The Morgan fingerprint density at radius 2 is 2.35 bits per heavy atom. The molecular weight excluding hydrogens is 232 g/mol. The van der Waals surface area contributed by atoms with Gasteiger partial charge in [-0.25, -0.2) is 0 Å². The fraction of sp³-hybridized carbons (Fsp3) is 0.308. The summed E-state index contributed by atoms with van der Waals surface area (Å²) >= 11 is 5.16. The van der Waals surface area contributed by atoms with Crippen LogP contribution in [0.1, 0.15) is 18.5 Å². The molecule has 0 saturated heterocycles. The van der Waals surface area contributed by atoms with Crippen LogP contribution in [0.3, 0.4) is 0 Å². The van der Waals surface area contributed by atoms with Gasteiger partial charge in [-0.3, -0.25) is 0 Å². The van der Waals surface area contributed by atoms with Crippen LogP contribution in [0.5, 0.6) is 5.75 Å². The zero-order valence-corrected chi connectivity index (χ0v) is 11.0. The summed E-state index contributed by atoms with van der Waals surface area (Å²) < 4.78 is 5.19. The van der Waals surface area contributed by atoms with Crippen LogP contribution in [0.25, 0.3) is 0 Å². The first kappa shape index (κ1) is 13.5. The monoisotopic (exact) mass is 250 g/mol. The Morgan fingerprint density at radius 3 is 3.00 bits per heavy atom. The molecule has 0 spiro atoms. The minimum absolute atomic E-state index is 0.134. The highest BCUT2D eigenvalue weighted by Crippen LogP contribution is 2.18. The SMILES string of the molecule is C=CCNC(=S)NC(C)c1cccc(OC)c1. The molecule has 1 atom stereocenters. The predicted molar refractivity (Wildman–Crippen MR) is 75.3 cm³/mol. The Hall–Kier alpha value is -1.55. The second-order valence-electron chi connectivity index (χ2n) is 3.64. The number of methoxy groups -OCH3 is 1. The number of hydrogen-bond donors (Lipinski definition) is 2. The number of benzene rings is 1. The molecule has 1 aromatic rings. The van der Waals surface area contributed by atoms with Crippen LogP contribution in [-0.2, 0) is 0 Å². The van der Waals surface area contributed by atoms with Crippen LogP contribution in [0.2, 0.25) is 0 Å². The topological polar surface area (TPSA) is 33.3 Å². The summed E-state index contributed by atoms with van der Waals surface area (Å²) in [6.07, 6.45) is 1.77. The number of ether oxygens (including phenoxy) is 1. The average Bonchev–Trinajstić information content (AvgIpc) is 2.36.